The topological polar surface area (TPSA) is 97.8 Å². The van der Waals surface area contributed by atoms with Crippen molar-refractivity contribution in [2.45, 2.75) is 50.7 Å². The van der Waals surface area contributed by atoms with Gasteiger partial charge in [-0.2, -0.15) is 0 Å². The third kappa shape index (κ3) is 6.01. The van der Waals surface area contributed by atoms with Crippen molar-refractivity contribution in [2.75, 3.05) is 39.8 Å². The lowest BCUT2D eigenvalue weighted by Gasteiger charge is -2.38. The van der Waals surface area contributed by atoms with Gasteiger partial charge in [-0.25, -0.2) is 4.98 Å². The maximum Gasteiger partial charge on any atom is 0.246 e. The Bertz CT molecular complexity index is 1270. The monoisotopic (exact) mass is 549 g/mol. The number of nitrogens with zero attached hydrogens (tertiary/aromatic N) is 3. The quantitative estimate of drug-likeness (QED) is 0.379. The van der Waals surface area contributed by atoms with Crippen LogP contribution in [-0.4, -0.2) is 83.6 Å². The van der Waals surface area contributed by atoms with Crippen LogP contribution in [0.1, 0.15) is 43.7 Å². The van der Waals surface area contributed by atoms with Crippen molar-refractivity contribution >= 4 is 33.4 Å². The van der Waals surface area contributed by atoms with Gasteiger partial charge in [-0.15, -0.1) is 11.3 Å². The number of aromatic nitrogens is 1. The van der Waals surface area contributed by atoms with E-state index in [-0.39, 0.29) is 36.4 Å². The summed E-state index contributed by atoms with van der Waals surface area (Å²) in [7, 11) is 1.75. The number of para-hydroxylation sites is 1. The molecule has 2 amide bonds. The number of hydrogen-bond acceptors (Lipinski definition) is 7. The SMILES string of the molecule is CN[C@@H](C)C(=O)N[C@H](C(=O)N1CCC[C@H]1c1nc2c(-c3ccccc3)cccc2s1)C1CCN(CCO)CC1. The number of fused-ring (bicyclic) bond motifs is 1. The summed E-state index contributed by atoms with van der Waals surface area (Å²) in [4.78, 5) is 36.5. The highest BCUT2D eigenvalue weighted by atomic mass is 32.1. The predicted molar refractivity (Wildman–Crippen MR) is 155 cm³/mol. The summed E-state index contributed by atoms with van der Waals surface area (Å²) < 4.78 is 1.12. The van der Waals surface area contributed by atoms with Crippen LogP contribution in [-0.2, 0) is 9.59 Å². The molecule has 2 aromatic carbocycles. The van der Waals surface area contributed by atoms with Crippen LogP contribution in [0.25, 0.3) is 21.3 Å². The van der Waals surface area contributed by atoms with Gasteiger partial charge in [0, 0.05) is 18.7 Å². The number of aliphatic hydroxyl groups excluding tert-OH is 1. The van der Waals surface area contributed by atoms with Crippen molar-refractivity contribution in [1.29, 1.82) is 0 Å². The highest BCUT2D eigenvalue weighted by molar-refractivity contribution is 7.18. The number of likely N-dealkylation sites (N-methyl/N-ethyl adjacent to an activating group) is 1. The molecule has 2 aliphatic rings. The molecule has 3 heterocycles. The summed E-state index contributed by atoms with van der Waals surface area (Å²) in [5, 5.41) is 16.4. The van der Waals surface area contributed by atoms with E-state index in [1.54, 1.807) is 18.4 Å². The molecule has 8 nitrogen and oxygen atoms in total. The van der Waals surface area contributed by atoms with E-state index in [1.807, 2.05) is 30.0 Å². The Morgan fingerprint density at radius 3 is 2.56 bits per heavy atom. The molecule has 0 spiro atoms. The van der Waals surface area contributed by atoms with Gasteiger partial charge in [0.15, 0.2) is 0 Å². The standard InChI is InChI=1S/C30H39N5O3S/c1-20(31-2)28(37)32-26(22-13-16-34(17-14-22)18-19-36)30(38)35-15-7-11-24(35)29-33-27-23(10-6-12-25(27)39-29)21-8-4-3-5-9-21/h3-6,8-10,12,20,22,24,26,31,36H,7,11,13-19H2,1-2H3,(H,32,37)/t20-,24-,26-/m0/s1. The van der Waals surface area contributed by atoms with E-state index in [2.05, 4.69) is 45.9 Å². The van der Waals surface area contributed by atoms with Gasteiger partial charge >= 0.3 is 0 Å². The normalized spacial score (nSPS) is 20.3. The van der Waals surface area contributed by atoms with Gasteiger partial charge < -0.3 is 25.5 Å². The molecule has 2 saturated heterocycles. The van der Waals surface area contributed by atoms with E-state index in [1.165, 1.54) is 0 Å². The van der Waals surface area contributed by atoms with Crippen LogP contribution in [0, 0.1) is 5.92 Å². The Balaban J connectivity index is 1.41. The molecule has 3 N–H and O–H groups in total. The van der Waals surface area contributed by atoms with E-state index in [0.717, 1.165) is 65.1 Å². The molecule has 3 aromatic rings. The van der Waals surface area contributed by atoms with E-state index >= 15 is 0 Å². The first-order valence-electron chi connectivity index (χ1n) is 14.1. The first-order chi connectivity index (χ1) is 19.0. The van der Waals surface area contributed by atoms with Gasteiger partial charge in [-0.3, -0.25) is 9.59 Å². The Morgan fingerprint density at radius 2 is 1.85 bits per heavy atom. The zero-order valence-electron chi connectivity index (χ0n) is 22.8. The molecule has 0 aliphatic carbocycles. The number of thiazole rings is 1. The average molecular weight is 550 g/mol. The zero-order chi connectivity index (χ0) is 27.4. The van der Waals surface area contributed by atoms with Gasteiger partial charge in [0.2, 0.25) is 11.8 Å². The van der Waals surface area contributed by atoms with Crippen molar-refractivity contribution in [3.8, 4) is 11.1 Å². The molecule has 0 bridgehead atoms. The van der Waals surface area contributed by atoms with Gasteiger partial charge in [-0.05, 0) is 70.3 Å². The summed E-state index contributed by atoms with van der Waals surface area (Å²) in [6, 6.07) is 15.5. The van der Waals surface area contributed by atoms with E-state index < -0.39 is 6.04 Å². The zero-order valence-corrected chi connectivity index (χ0v) is 23.6. The van der Waals surface area contributed by atoms with Crippen molar-refractivity contribution in [3.05, 3.63) is 53.5 Å². The number of hydrogen-bond donors (Lipinski definition) is 3. The van der Waals surface area contributed by atoms with Crippen LogP contribution in [0.5, 0.6) is 0 Å². The summed E-state index contributed by atoms with van der Waals surface area (Å²) >= 11 is 1.67. The lowest BCUT2D eigenvalue weighted by Crippen LogP contribution is -2.57. The van der Waals surface area contributed by atoms with Crippen molar-refractivity contribution in [1.82, 2.24) is 25.4 Å². The number of likely N-dealkylation sites (tertiary alicyclic amines) is 2. The van der Waals surface area contributed by atoms with Crippen LogP contribution in [0.3, 0.4) is 0 Å². The van der Waals surface area contributed by atoms with Crippen molar-refractivity contribution in [3.63, 3.8) is 0 Å². The first-order valence-corrected chi connectivity index (χ1v) is 14.9. The smallest absolute Gasteiger partial charge is 0.246 e. The summed E-state index contributed by atoms with van der Waals surface area (Å²) in [5.41, 5.74) is 3.22. The van der Waals surface area contributed by atoms with Crippen LogP contribution in [0.4, 0.5) is 0 Å². The Labute approximate surface area is 234 Å². The highest BCUT2D eigenvalue weighted by Gasteiger charge is 2.40. The number of piperidine rings is 1. The lowest BCUT2D eigenvalue weighted by atomic mass is 9.88. The van der Waals surface area contributed by atoms with Gasteiger partial charge in [0.1, 0.15) is 11.0 Å². The summed E-state index contributed by atoms with van der Waals surface area (Å²) in [6.45, 7) is 4.89. The number of β-amino-alcohol motifs (C(OH)–C–C–N with tert-alkyl or cyclic N) is 1. The fraction of sp³-hybridized carbons (Fsp3) is 0.500. The van der Waals surface area contributed by atoms with Gasteiger partial charge in [0.25, 0.3) is 0 Å². The second-order valence-corrected chi connectivity index (χ2v) is 11.7. The largest absolute Gasteiger partial charge is 0.395 e. The number of carbonyl (C=O) groups excluding carboxylic acids is 2. The molecule has 208 valence electrons. The highest BCUT2D eigenvalue weighted by Crippen LogP contribution is 2.40. The summed E-state index contributed by atoms with van der Waals surface area (Å²) in [5.74, 6) is -0.101. The van der Waals surface area contributed by atoms with Crippen molar-refractivity contribution < 1.29 is 14.7 Å². The van der Waals surface area contributed by atoms with Crippen molar-refractivity contribution in [2.24, 2.45) is 5.92 Å². The number of rotatable bonds is 9. The second-order valence-electron chi connectivity index (χ2n) is 10.7. The molecule has 2 fully saturated rings. The molecule has 5 rings (SSSR count). The maximum atomic E-state index is 14.2. The molecule has 1 aromatic heterocycles. The fourth-order valence-electron chi connectivity index (χ4n) is 5.87. The number of benzene rings is 2. The van der Waals surface area contributed by atoms with E-state index in [0.29, 0.717) is 13.1 Å². The Kier molecular flexibility index (Phi) is 8.92. The number of amides is 2. The molecule has 0 unspecified atom stereocenters. The fourth-order valence-corrected chi connectivity index (χ4v) is 7.01. The molecule has 0 saturated carbocycles. The van der Waals surface area contributed by atoms with E-state index in [4.69, 9.17) is 4.98 Å². The van der Waals surface area contributed by atoms with Gasteiger partial charge in [0.05, 0.1) is 28.9 Å². The average Bonchev–Trinajstić information content (AvgIpc) is 3.63. The number of carbonyl (C=O) groups is 2. The molecule has 0 radical (unpaired) electrons. The Hall–Kier alpha value is -2.85. The minimum atomic E-state index is -0.570. The first kappa shape index (κ1) is 27.7. The molecule has 2 aliphatic heterocycles. The van der Waals surface area contributed by atoms with Crippen LogP contribution in [0.2, 0.25) is 0 Å². The third-order valence-electron chi connectivity index (χ3n) is 8.25. The number of nitrogens with one attached hydrogen (secondary N) is 2. The van der Waals surface area contributed by atoms with Gasteiger partial charge in [-0.1, -0.05) is 42.5 Å². The molecular weight excluding hydrogens is 510 g/mol. The van der Waals surface area contributed by atoms with E-state index in [9.17, 15) is 14.7 Å². The third-order valence-corrected chi connectivity index (χ3v) is 9.37. The van der Waals surface area contributed by atoms with Crippen LogP contribution < -0.4 is 10.6 Å². The minimum absolute atomic E-state index is 0.00250. The maximum absolute atomic E-state index is 14.2. The molecule has 9 heteroatoms. The number of aliphatic hydroxyl groups is 1. The molecule has 3 atom stereocenters. The van der Waals surface area contributed by atoms with Crippen LogP contribution in [0.15, 0.2) is 48.5 Å². The Morgan fingerprint density at radius 1 is 1.08 bits per heavy atom. The summed E-state index contributed by atoms with van der Waals surface area (Å²) in [6.07, 6.45) is 3.41. The molecular formula is C30H39N5O3S. The predicted octanol–water partition coefficient (Wildman–Crippen LogP) is 3.42. The molecule has 39 heavy (non-hydrogen) atoms. The van der Waals surface area contributed by atoms with Crippen LogP contribution >= 0.6 is 11.3 Å². The second kappa shape index (κ2) is 12.6. The lowest BCUT2D eigenvalue weighted by molar-refractivity contribution is -0.139. The minimum Gasteiger partial charge on any atom is -0.395 e.